The number of carbonyl (C=O) groups is 3. The number of hydrogen-bond donors (Lipinski definition) is 3. The maximum atomic E-state index is 11.0. The first kappa shape index (κ1) is 19.8. The van der Waals surface area contributed by atoms with Crippen LogP contribution in [0.4, 0.5) is 0 Å². The molecule has 0 aromatic heterocycles. The Kier molecular flexibility index (Phi) is 6.55. The van der Waals surface area contributed by atoms with E-state index in [4.69, 9.17) is 5.11 Å². The number of nitrogens with one attached hydrogen (secondary N) is 2. The van der Waals surface area contributed by atoms with E-state index in [0.29, 0.717) is 18.4 Å². The van der Waals surface area contributed by atoms with Gasteiger partial charge in [-0.3, -0.25) is 14.4 Å². The molecule has 0 bridgehead atoms. The highest BCUT2D eigenvalue weighted by atomic mass is 16.3. The van der Waals surface area contributed by atoms with E-state index in [2.05, 4.69) is 10.6 Å². The number of benzene rings is 2. The van der Waals surface area contributed by atoms with Gasteiger partial charge in [-0.15, -0.1) is 0 Å². The maximum absolute atomic E-state index is 11.0. The Morgan fingerprint density at radius 2 is 1.29 bits per heavy atom. The van der Waals surface area contributed by atoms with Crippen LogP contribution in [0.2, 0.25) is 0 Å². The molecule has 2 amide bonds. The number of aliphatic hydroxyl groups is 1. The Bertz CT molecular complexity index is 831. The van der Waals surface area contributed by atoms with Crippen molar-refractivity contribution in [2.45, 2.75) is 44.4 Å². The number of amides is 2. The molecule has 2 aromatic carbocycles. The fourth-order valence-corrected chi connectivity index (χ4v) is 3.39. The van der Waals surface area contributed by atoms with Crippen molar-refractivity contribution in [3.05, 3.63) is 70.8 Å². The average Bonchev–Trinajstić information content (AvgIpc) is 3.37. The van der Waals surface area contributed by atoms with Gasteiger partial charge in [0.15, 0.2) is 0 Å². The third-order valence-electron chi connectivity index (χ3n) is 5.03. The lowest BCUT2D eigenvalue weighted by Crippen LogP contribution is -2.18. The number of carbonyl (C=O) groups excluding carboxylic acids is 3. The molecule has 2 saturated heterocycles. The summed E-state index contributed by atoms with van der Waals surface area (Å²) < 4.78 is 0. The minimum atomic E-state index is 0.0668. The van der Waals surface area contributed by atoms with Crippen LogP contribution in [-0.2, 0) is 16.2 Å². The standard InChI is InChI=1S/C11H13NO2.C11H11NO2/c2*13-7-8-1-3-9(4-2-8)10-5-6-11(14)12-10/h1-4,10,13H,5-7H2,(H,12,14);1-4,7,10H,5-6H2,(H,12,14). The number of aldehydes is 1. The van der Waals surface area contributed by atoms with Crippen molar-refractivity contribution < 1.29 is 19.5 Å². The lowest BCUT2D eigenvalue weighted by atomic mass is 10.0. The molecule has 2 aliphatic heterocycles. The molecule has 0 spiro atoms. The van der Waals surface area contributed by atoms with Gasteiger partial charge in [0.25, 0.3) is 0 Å². The molecule has 146 valence electrons. The summed E-state index contributed by atoms with van der Waals surface area (Å²) in [5.74, 6) is 0.232. The second-order valence-electron chi connectivity index (χ2n) is 7.00. The van der Waals surface area contributed by atoms with Gasteiger partial charge in [0, 0.05) is 18.4 Å². The van der Waals surface area contributed by atoms with E-state index < -0.39 is 0 Å². The van der Waals surface area contributed by atoms with Gasteiger partial charge in [0.05, 0.1) is 18.7 Å². The van der Waals surface area contributed by atoms with Gasteiger partial charge < -0.3 is 15.7 Å². The lowest BCUT2D eigenvalue weighted by molar-refractivity contribution is -0.120. The summed E-state index contributed by atoms with van der Waals surface area (Å²) in [6.45, 7) is 0.0668. The van der Waals surface area contributed by atoms with Crippen molar-refractivity contribution >= 4 is 18.1 Å². The Balaban J connectivity index is 0.000000161. The number of hydrogen-bond acceptors (Lipinski definition) is 4. The summed E-state index contributed by atoms with van der Waals surface area (Å²) in [7, 11) is 0. The zero-order chi connectivity index (χ0) is 19.9. The SMILES string of the molecule is O=C1CCC(c2ccc(CO)cc2)N1.O=Cc1ccc(C2CCC(=O)N2)cc1. The monoisotopic (exact) mass is 380 g/mol. The van der Waals surface area contributed by atoms with Crippen LogP contribution in [0.3, 0.4) is 0 Å². The van der Waals surface area contributed by atoms with Crippen LogP contribution >= 0.6 is 0 Å². The van der Waals surface area contributed by atoms with E-state index in [9.17, 15) is 14.4 Å². The normalized spacial score (nSPS) is 20.8. The zero-order valence-electron chi connectivity index (χ0n) is 15.6. The van der Waals surface area contributed by atoms with E-state index >= 15 is 0 Å². The van der Waals surface area contributed by atoms with Crippen molar-refractivity contribution in [1.29, 1.82) is 0 Å². The maximum Gasteiger partial charge on any atom is 0.220 e. The lowest BCUT2D eigenvalue weighted by Gasteiger charge is -2.10. The van der Waals surface area contributed by atoms with Gasteiger partial charge in [-0.2, -0.15) is 0 Å². The van der Waals surface area contributed by atoms with Crippen molar-refractivity contribution in [3.8, 4) is 0 Å². The smallest absolute Gasteiger partial charge is 0.220 e. The van der Waals surface area contributed by atoms with E-state index in [1.807, 2.05) is 36.4 Å². The molecule has 4 rings (SSSR count). The molecule has 2 aromatic rings. The molecule has 2 heterocycles. The second-order valence-corrected chi connectivity index (χ2v) is 7.00. The summed E-state index contributed by atoms with van der Waals surface area (Å²) in [5, 5.41) is 14.7. The van der Waals surface area contributed by atoms with Crippen molar-refractivity contribution in [2.75, 3.05) is 0 Å². The molecule has 6 nitrogen and oxygen atoms in total. The average molecular weight is 380 g/mol. The highest BCUT2D eigenvalue weighted by molar-refractivity contribution is 5.79. The Morgan fingerprint density at radius 3 is 1.64 bits per heavy atom. The Hall–Kier alpha value is -2.99. The minimum Gasteiger partial charge on any atom is -0.392 e. The molecular weight excluding hydrogens is 356 g/mol. The second kappa shape index (κ2) is 9.28. The van der Waals surface area contributed by atoms with E-state index in [-0.39, 0.29) is 30.5 Å². The molecule has 0 aliphatic carbocycles. The van der Waals surface area contributed by atoms with Gasteiger partial charge in [-0.1, -0.05) is 48.5 Å². The summed E-state index contributed by atoms with van der Waals surface area (Å²) in [6.07, 6.45) is 3.75. The van der Waals surface area contributed by atoms with Crippen LogP contribution in [0.1, 0.15) is 64.8 Å². The molecule has 0 radical (unpaired) electrons. The summed E-state index contributed by atoms with van der Waals surface area (Å²) in [4.78, 5) is 32.4. The minimum absolute atomic E-state index is 0.0668. The van der Waals surface area contributed by atoms with E-state index in [0.717, 1.165) is 35.8 Å². The van der Waals surface area contributed by atoms with Gasteiger partial charge in [-0.05, 0) is 29.5 Å². The topological polar surface area (TPSA) is 95.5 Å². The predicted molar refractivity (Wildman–Crippen MR) is 104 cm³/mol. The Morgan fingerprint density at radius 1 is 0.821 bits per heavy atom. The fraction of sp³-hybridized carbons (Fsp3) is 0.318. The third-order valence-corrected chi connectivity index (χ3v) is 5.03. The predicted octanol–water partition coefficient (Wildman–Crippen LogP) is 2.58. The number of rotatable bonds is 4. The van der Waals surface area contributed by atoms with Crippen molar-refractivity contribution in [1.82, 2.24) is 10.6 Å². The molecule has 2 atom stereocenters. The first-order chi connectivity index (χ1) is 13.6. The van der Waals surface area contributed by atoms with Gasteiger partial charge >= 0.3 is 0 Å². The van der Waals surface area contributed by atoms with Crippen molar-refractivity contribution in [2.24, 2.45) is 0 Å². The van der Waals surface area contributed by atoms with Crippen molar-refractivity contribution in [3.63, 3.8) is 0 Å². The highest BCUT2D eigenvalue weighted by Crippen LogP contribution is 2.24. The first-order valence-electron chi connectivity index (χ1n) is 9.42. The molecule has 2 unspecified atom stereocenters. The van der Waals surface area contributed by atoms with Crippen LogP contribution in [0.5, 0.6) is 0 Å². The first-order valence-corrected chi connectivity index (χ1v) is 9.42. The summed E-state index contributed by atoms with van der Waals surface area (Å²) in [6, 6.07) is 15.3. The number of aliphatic hydroxyl groups excluding tert-OH is 1. The van der Waals surface area contributed by atoms with Crippen LogP contribution in [0.25, 0.3) is 0 Å². The van der Waals surface area contributed by atoms with E-state index in [1.54, 1.807) is 12.1 Å². The molecule has 28 heavy (non-hydrogen) atoms. The van der Waals surface area contributed by atoms with Gasteiger partial charge in [0.2, 0.25) is 11.8 Å². The molecule has 3 N–H and O–H groups in total. The zero-order valence-corrected chi connectivity index (χ0v) is 15.6. The van der Waals surface area contributed by atoms with Gasteiger partial charge in [0.1, 0.15) is 6.29 Å². The molecular formula is C22H24N2O4. The molecule has 2 aliphatic rings. The fourth-order valence-electron chi connectivity index (χ4n) is 3.39. The van der Waals surface area contributed by atoms with Gasteiger partial charge in [-0.25, -0.2) is 0 Å². The largest absolute Gasteiger partial charge is 0.392 e. The van der Waals surface area contributed by atoms with Crippen LogP contribution < -0.4 is 10.6 Å². The molecule has 6 heteroatoms. The summed E-state index contributed by atoms with van der Waals surface area (Å²) in [5.41, 5.74) is 3.76. The summed E-state index contributed by atoms with van der Waals surface area (Å²) >= 11 is 0. The molecule has 0 saturated carbocycles. The molecule has 2 fully saturated rings. The highest BCUT2D eigenvalue weighted by Gasteiger charge is 2.22. The quantitative estimate of drug-likeness (QED) is 0.711. The van der Waals surface area contributed by atoms with Crippen LogP contribution in [-0.4, -0.2) is 23.2 Å². The Labute approximate surface area is 164 Å². The van der Waals surface area contributed by atoms with Crippen LogP contribution in [0.15, 0.2) is 48.5 Å². The van der Waals surface area contributed by atoms with E-state index in [1.165, 1.54) is 0 Å². The third kappa shape index (κ3) is 5.04. The van der Waals surface area contributed by atoms with Crippen LogP contribution in [0, 0.1) is 0 Å².